The van der Waals surface area contributed by atoms with Crippen molar-refractivity contribution in [2.24, 2.45) is 0 Å². The van der Waals surface area contributed by atoms with Crippen molar-refractivity contribution in [2.45, 2.75) is 13.5 Å². The monoisotopic (exact) mass is 417 g/mol. The van der Waals surface area contributed by atoms with Gasteiger partial charge in [-0.05, 0) is 48.4 Å². The van der Waals surface area contributed by atoms with Crippen molar-refractivity contribution in [2.75, 3.05) is 16.4 Å². The van der Waals surface area contributed by atoms with E-state index >= 15 is 0 Å². The first-order valence-electron chi connectivity index (χ1n) is 9.35. The number of nitrogens with two attached hydrogens (primary N) is 1. The Labute approximate surface area is 179 Å². The van der Waals surface area contributed by atoms with Crippen LogP contribution in [0.3, 0.4) is 0 Å². The molecule has 4 rings (SSSR count). The van der Waals surface area contributed by atoms with E-state index in [9.17, 15) is 0 Å². The molecule has 0 saturated heterocycles. The third-order valence-electron chi connectivity index (χ3n) is 4.44. The SMILES string of the molecule is Cc1cnc(N)nc1-c1ccc(Nc2ccnc(NCc3ccc(Cl)cc3)n2)cc1. The lowest BCUT2D eigenvalue weighted by Gasteiger charge is -2.10. The van der Waals surface area contributed by atoms with Gasteiger partial charge < -0.3 is 16.4 Å². The number of aromatic nitrogens is 4. The predicted octanol–water partition coefficient (Wildman–Crippen LogP) is 4.83. The number of aryl methyl sites for hydroxylation is 1. The highest BCUT2D eigenvalue weighted by molar-refractivity contribution is 6.30. The second kappa shape index (κ2) is 8.75. The Hall–Kier alpha value is -3.71. The number of rotatable bonds is 6. The minimum Gasteiger partial charge on any atom is -0.368 e. The van der Waals surface area contributed by atoms with Gasteiger partial charge >= 0.3 is 0 Å². The van der Waals surface area contributed by atoms with E-state index in [-0.39, 0.29) is 5.95 Å². The number of benzene rings is 2. The van der Waals surface area contributed by atoms with Gasteiger partial charge in [-0.1, -0.05) is 35.9 Å². The standard InChI is InChI=1S/C22H20ClN7/c1-14-12-26-21(24)30-20(14)16-4-8-18(9-5-16)28-19-10-11-25-22(29-19)27-13-15-2-6-17(23)7-3-15/h2-12H,13H2,1H3,(H2,24,26,30)(H2,25,27,28,29). The van der Waals surface area contributed by atoms with Crippen molar-refractivity contribution in [3.8, 4) is 11.3 Å². The first-order valence-corrected chi connectivity index (χ1v) is 9.72. The van der Waals surface area contributed by atoms with E-state index in [0.717, 1.165) is 28.1 Å². The van der Waals surface area contributed by atoms with Crippen LogP contribution in [0.1, 0.15) is 11.1 Å². The second-order valence-electron chi connectivity index (χ2n) is 6.71. The Balaban J connectivity index is 1.43. The third-order valence-corrected chi connectivity index (χ3v) is 4.69. The zero-order valence-corrected chi connectivity index (χ0v) is 17.1. The molecule has 0 amide bonds. The lowest BCUT2D eigenvalue weighted by atomic mass is 10.1. The number of nitrogen functional groups attached to an aromatic ring is 1. The molecule has 2 aromatic heterocycles. The van der Waals surface area contributed by atoms with Crippen LogP contribution in [0.4, 0.5) is 23.4 Å². The quantitative estimate of drug-likeness (QED) is 0.412. The predicted molar refractivity (Wildman–Crippen MR) is 121 cm³/mol. The van der Waals surface area contributed by atoms with Gasteiger partial charge in [-0.3, -0.25) is 0 Å². The molecule has 8 heteroatoms. The van der Waals surface area contributed by atoms with Gasteiger partial charge in [0.2, 0.25) is 11.9 Å². The van der Waals surface area contributed by atoms with Gasteiger partial charge in [0.05, 0.1) is 5.69 Å². The van der Waals surface area contributed by atoms with Crippen LogP contribution >= 0.6 is 11.6 Å². The molecule has 0 aliphatic heterocycles. The van der Waals surface area contributed by atoms with E-state index < -0.39 is 0 Å². The zero-order valence-electron chi connectivity index (χ0n) is 16.3. The molecule has 0 spiro atoms. The molecule has 150 valence electrons. The fourth-order valence-electron chi connectivity index (χ4n) is 2.90. The normalized spacial score (nSPS) is 10.6. The van der Waals surface area contributed by atoms with E-state index in [1.807, 2.05) is 61.5 Å². The van der Waals surface area contributed by atoms with E-state index in [4.69, 9.17) is 17.3 Å². The first-order chi connectivity index (χ1) is 14.6. The number of nitrogens with one attached hydrogen (secondary N) is 2. The lowest BCUT2D eigenvalue weighted by Crippen LogP contribution is -2.04. The summed E-state index contributed by atoms with van der Waals surface area (Å²) in [4.78, 5) is 17.1. The summed E-state index contributed by atoms with van der Waals surface area (Å²) in [6, 6.07) is 17.4. The van der Waals surface area contributed by atoms with Gasteiger partial charge in [-0.25, -0.2) is 15.0 Å². The summed E-state index contributed by atoms with van der Waals surface area (Å²) in [5.74, 6) is 1.50. The van der Waals surface area contributed by atoms with Crippen molar-refractivity contribution in [1.29, 1.82) is 0 Å². The maximum atomic E-state index is 5.92. The molecular formula is C22H20ClN7. The summed E-state index contributed by atoms with van der Waals surface area (Å²) in [5, 5.41) is 7.22. The second-order valence-corrected chi connectivity index (χ2v) is 7.14. The highest BCUT2D eigenvalue weighted by Gasteiger charge is 2.06. The fourth-order valence-corrected chi connectivity index (χ4v) is 3.03. The van der Waals surface area contributed by atoms with Crippen molar-refractivity contribution in [3.05, 3.63) is 83.1 Å². The molecule has 0 aliphatic carbocycles. The number of hydrogen-bond acceptors (Lipinski definition) is 7. The summed E-state index contributed by atoms with van der Waals surface area (Å²) in [7, 11) is 0. The summed E-state index contributed by atoms with van der Waals surface area (Å²) >= 11 is 5.92. The molecular weight excluding hydrogens is 398 g/mol. The largest absolute Gasteiger partial charge is 0.368 e. The Morgan fingerprint density at radius 2 is 1.70 bits per heavy atom. The Morgan fingerprint density at radius 3 is 2.47 bits per heavy atom. The van der Waals surface area contributed by atoms with Gasteiger partial charge in [0.15, 0.2) is 0 Å². The molecule has 7 nitrogen and oxygen atoms in total. The van der Waals surface area contributed by atoms with Crippen LogP contribution < -0.4 is 16.4 Å². The molecule has 0 saturated carbocycles. The highest BCUT2D eigenvalue weighted by atomic mass is 35.5. The van der Waals surface area contributed by atoms with Crippen LogP contribution in [0.15, 0.2) is 67.0 Å². The first kappa shape index (κ1) is 19.6. The van der Waals surface area contributed by atoms with Gasteiger partial charge in [-0.15, -0.1) is 0 Å². The summed E-state index contributed by atoms with van der Waals surface area (Å²) in [5.41, 5.74) is 10.5. The molecule has 4 aromatic rings. The molecule has 0 aliphatic rings. The average Bonchev–Trinajstić information content (AvgIpc) is 2.76. The van der Waals surface area contributed by atoms with Crippen LogP contribution in [0.25, 0.3) is 11.3 Å². The summed E-state index contributed by atoms with van der Waals surface area (Å²) in [6.07, 6.45) is 3.43. The molecule has 4 N–H and O–H groups in total. The average molecular weight is 418 g/mol. The smallest absolute Gasteiger partial charge is 0.224 e. The van der Waals surface area contributed by atoms with Crippen LogP contribution in [0.5, 0.6) is 0 Å². The number of anilines is 4. The van der Waals surface area contributed by atoms with Gasteiger partial charge in [-0.2, -0.15) is 4.98 Å². The van der Waals surface area contributed by atoms with Crippen molar-refractivity contribution in [1.82, 2.24) is 19.9 Å². The van der Waals surface area contributed by atoms with Gasteiger partial charge in [0.25, 0.3) is 0 Å². The number of hydrogen-bond donors (Lipinski definition) is 3. The van der Waals surface area contributed by atoms with E-state index in [1.165, 1.54) is 0 Å². The number of nitrogens with zero attached hydrogens (tertiary/aromatic N) is 4. The lowest BCUT2D eigenvalue weighted by molar-refractivity contribution is 1.06. The van der Waals surface area contributed by atoms with Crippen molar-refractivity contribution >= 4 is 35.0 Å². The maximum Gasteiger partial charge on any atom is 0.224 e. The highest BCUT2D eigenvalue weighted by Crippen LogP contribution is 2.24. The third kappa shape index (κ3) is 4.82. The molecule has 30 heavy (non-hydrogen) atoms. The molecule has 0 unspecified atom stereocenters. The molecule has 0 fully saturated rings. The summed E-state index contributed by atoms with van der Waals surface area (Å²) in [6.45, 7) is 2.57. The topological polar surface area (TPSA) is 102 Å². The summed E-state index contributed by atoms with van der Waals surface area (Å²) < 4.78 is 0. The molecule has 0 radical (unpaired) electrons. The maximum absolute atomic E-state index is 5.92. The van der Waals surface area contributed by atoms with Crippen LogP contribution in [-0.4, -0.2) is 19.9 Å². The van der Waals surface area contributed by atoms with Crippen molar-refractivity contribution < 1.29 is 0 Å². The molecule has 0 atom stereocenters. The minimum absolute atomic E-state index is 0.261. The number of halogens is 1. The van der Waals surface area contributed by atoms with E-state index in [2.05, 4.69) is 30.6 Å². The van der Waals surface area contributed by atoms with Crippen LogP contribution in [-0.2, 0) is 6.54 Å². The van der Waals surface area contributed by atoms with Gasteiger partial charge in [0, 0.05) is 35.2 Å². The van der Waals surface area contributed by atoms with Crippen LogP contribution in [0.2, 0.25) is 5.02 Å². The van der Waals surface area contributed by atoms with E-state index in [0.29, 0.717) is 23.3 Å². The Bertz CT molecular complexity index is 1140. The van der Waals surface area contributed by atoms with Crippen molar-refractivity contribution in [3.63, 3.8) is 0 Å². The molecule has 2 heterocycles. The Kier molecular flexibility index (Phi) is 5.72. The molecule has 2 aromatic carbocycles. The van der Waals surface area contributed by atoms with E-state index in [1.54, 1.807) is 12.4 Å². The Morgan fingerprint density at radius 1 is 0.933 bits per heavy atom. The van der Waals surface area contributed by atoms with Crippen LogP contribution in [0, 0.1) is 6.92 Å². The van der Waals surface area contributed by atoms with Gasteiger partial charge in [0.1, 0.15) is 5.82 Å². The molecule has 0 bridgehead atoms. The fraction of sp³-hybridized carbons (Fsp3) is 0.0909. The minimum atomic E-state index is 0.261. The zero-order chi connectivity index (χ0) is 20.9.